The predicted octanol–water partition coefficient (Wildman–Crippen LogP) is 18.4. The molecule has 11 rings (SSSR count). The third-order valence-corrected chi connectivity index (χ3v) is 12.9. The van der Waals surface area contributed by atoms with Gasteiger partial charge < -0.3 is 18.9 Å². The standard InChI is InChI=1S/C26H18F6O2.C24H14F6O2.C6H5NO2.3ClH.Fe/c1-15-11-13-21(19-9-5-3-7-17(15)19)33-25(31)23(27,28)24(29,30)26(25,32)34-22-14-12-16(2)18-8-4-6-10-20(18)22;25-21(26)22(27,28)24(30,32-20-14-6-10-16-8-2-4-12-18(16)20)23(21,29)31-19-13-5-9-15-7-1-3-11-17(15)19;8-7(9)6-4-2-1-3-5-6;;;;/h3-14H,1-2H3;1-14H;1-5H;3*1H;/q;;;;;;+3/p-3. The van der Waals surface area contributed by atoms with Crippen molar-refractivity contribution in [3.63, 3.8) is 0 Å². The van der Waals surface area contributed by atoms with Gasteiger partial charge in [0.2, 0.25) is 0 Å². The van der Waals surface area contributed by atoms with Gasteiger partial charge in [0.05, 0.1) is 4.92 Å². The van der Waals surface area contributed by atoms with E-state index in [1.807, 2.05) is 0 Å². The van der Waals surface area contributed by atoms with E-state index in [9.17, 15) is 45.2 Å². The maximum atomic E-state index is 15.8. The van der Waals surface area contributed by atoms with Crippen LogP contribution >= 0.6 is 30.3 Å². The molecule has 2 fully saturated rings. The molecule has 0 radical (unpaired) electrons. The average molecular weight is 1210 g/mol. The second-order valence-corrected chi connectivity index (χ2v) is 23.1. The summed E-state index contributed by atoms with van der Waals surface area (Å²) in [5.74, 6) is -43.3. The number of nitro groups is 1. The van der Waals surface area contributed by atoms with E-state index >= 15 is 17.6 Å². The Labute approximate surface area is 457 Å². The Bertz CT molecular complexity index is 3500. The Morgan fingerprint density at radius 1 is 0.354 bits per heavy atom. The van der Waals surface area contributed by atoms with Crippen LogP contribution in [-0.4, -0.2) is 52.0 Å². The zero-order valence-corrected chi connectivity index (χ0v) is 43.7. The number of rotatable bonds is 9. The summed E-state index contributed by atoms with van der Waals surface area (Å²) in [7, 11) is 14.7. The average Bonchev–Trinajstić information content (AvgIpc) is 3.42. The van der Waals surface area contributed by atoms with Crippen LogP contribution in [0.2, 0.25) is 0 Å². The molecule has 2 saturated carbocycles. The van der Waals surface area contributed by atoms with Crippen LogP contribution in [-0.2, 0) is 11.2 Å². The molecule has 0 heterocycles. The van der Waals surface area contributed by atoms with Gasteiger partial charge >= 0.3 is 88.6 Å². The third-order valence-electron chi connectivity index (χ3n) is 12.9. The molecule has 2 aliphatic carbocycles. The van der Waals surface area contributed by atoms with Crippen molar-refractivity contribution in [3.05, 3.63) is 209 Å². The van der Waals surface area contributed by atoms with E-state index in [1.54, 1.807) is 92.7 Å². The topological polar surface area (TPSA) is 80.1 Å². The molecule has 0 aromatic heterocycles. The second kappa shape index (κ2) is 21.7. The number of hydrogen-bond donors (Lipinski definition) is 0. The SMILES string of the molecule is Cc1ccc(OC2(F)C(F)(F)C(F)(F)C2(F)Oc2ccc(C)c3ccccc23)c2ccccc12.FC1(F)C(F)(F)C(F)(Oc2cccc3ccccc23)C1(F)Oc1cccc2ccccc12.O=[N+]([O-])c1ccccc1.[Cl][Fe]([Cl])[Cl]. The summed E-state index contributed by atoms with van der Waals surface area (Å²) in [5, 5.41) is 12.6. The van der Waals surface area contributed by atoms with Gasteiger partial charge in [-0.3, -0.25) is 10.1 Å². The minimum absolute atomic E-state index is 0.137. The number of benzene rings is 9. The van der Waals surface area contributed by atoms with Gasteiger partial charge in [-0.05, 0) is 70.8 Å². The first-order chi connectivity index (χ1) is 37.1. The normalized spacial score (nSPS) is 22.9. The summed E-state index contributed by atoms with van der Waals surface area (Å²) in [6, 6.07) is 45.9. The van der Waals surface area contributed by atoms with Crippen molar-refractivity contribution in [2.45, 2.75) is 61.0 Å². The molecule has 9 aromatic carbocycles. The molecule has 0 spiro atoms. The van der Waals surface area contributed by atoms with Crippen LogP contribution in [0.4, 0.5) is 58.4 Å². The van der Waals surface area contributed by atoms with Gasteiger partial charge in [0.25, 0.3) is 5.69 Å². The van der Waals surface area contributed by atoms with Crippen molar-refractivity contribution in [2.24, 2.45) is 0 Å². The van der Waals surface area contributed by atoms with Crippen LogP contribution in [0.3, 0.4) is 0 Å². The van der Waals surface area contributed by atoms with Gasteiger partial charge in [0.1, 0.15) is 23.0 Å². The molecule has 7 nitrogen and oxygen atoms in total. The number of halogens is 15. The number of aryl methyl sites for hydroxylation is 2. The zero-order chi connectivity index (χ0) is 57.6. The maximum absolute atomic E-state index is 15.8. The molecule has 4 atom stereocenters. The number of alkyl halides is 12. The summed E-state index contributed by atoms with van der Waals surface area (Å²) in [6.07, 6.45) is 0. The van der Waals surface area contributed by atoms with Gasteiger partial charge in [-0.15, -0.1) is 0 Å². The molecule has 9 aromatic rings. The molecule has 79 heavy (non-hydrogen) atoms. The van der Waals surface area contributed by atoms with E-state index in [2.05, 4.69) is 0 Å². The van der Waals surface area contributed by atoms with Crippen molar-refractivity contribution in [2.75, 3.05) is 0 Å². The van der Waals surface area contributed by atoms with E-state index in [1.165, 1.54) is 84.9 Å². The van der Waals surface area contributed by atoms with Crippen molar-refractivity contribution in [3.8, 4) is 23.0 Å². The van der Waals surface area contributed by atoms with Crippen LogP contribution in [0.5, 0.6) is 23.0 Å². The third kappa shape index (κ3) is 9.72. The fourth-order valence-corrected chi connectivity index (χ4v) is 8.76. The van der Waals surface area contributed by atoms with Crippen LogP contribution < -0.4 is 18.9 Å². The zero-order valence-electron chi connectivity index (χ0n) is 40.3. The molecule has 0 N–H and O–H groups in total. The van der Waals surface area contributed by atoms with Crippen molar-refractivity contribution in [1.29, 1.82) is 0 Å². The number of non-ortho nitro benzene ring substituents is 1. The molecule has 0 bridgehead atoms. The number of nitro benzene ring substituents is 1. The summed E-state index contributed by atoms with van der Waals surface area (Å²) >= 11 is -1.33. The molecule has 23 heteroatoms. The quantitative estimate of drug-likeness (QED) is 0.0620. The van der Waals surface area contributed by atoms with Crippen LogP contribution in [0.25, 0.3) is 43.1 Å². The Kier molecular flexibility index (Phi) is 16.0. The molecule has 0 saturated heterocycles. The van der Waals surface area contributed by atoms with Crippen LogP contribution in [0.1, 0.15) is 11.1 Å². The van der Waals surface area contributed by atoms with E-state index in [-0.39, 0.29) is 27.2 Å². The minimum atomic E-state index is -5.51. The van der Waals surface area contributed by atoms with Crippen LogP contribution in [0.15, 0.2) is 188 Å². The summed E-state index contributed by atoms with van der Waals surface area (Å²) in [5.41, 5.74) is 1.54. The van der Waals surface area contributed by atoms with Crippen molar-refractivity contribution < 1.29 is 87.7 Å². The van der Waals surface area contributed by atoms with E-state index in [0.717, 1.165) is 24.3 Å². The second-order valence-electron chi connectivity index (χ2n) is 17.6. The van der Waals surface area contributed by atoms with Crippen molar-refractivity contribution in [1.82, 2.24) is 0 Å². The molecule has 415 valence electrons. The molecule has 0 aliphatic heterocycles. The predicted molar refractivity (Wildman–Crippen MR) is 274 cm³/mol. The fourth-order valence-electron chi connectivity index (χ4n) is 8.76. The summed E-state index contributed by atoms with van der Waals surface area (Å²) in [6.45, 7) is 3.43. The van der Waals surface area contributed by atoms with Gasteiger partial charge in [-0.1, -0.05) is 152 Å². The first kappa shape index (κ1) is 58.3. The van der Waals surface area contributed by atoms with E-state index < -0.39 is 86.2 Å². The molecular weight excluding hydrogens is 1170 g/mol. The summed E-state index contributed by atoms with van der Waals surface area (Å²) < 4.78 is 197. The number of para-hydroxylation sites is 1. The first-order valence-electron chi connectivity index (χ1n) is 22.9. The van der Waals surface area contributed by atoms with Gasteiger partial charge in [-0.2, -0.15) is 52.7 Å². The van der Waals surface area contributed by atoms with Gasteiger partial charge in [-0.25, -0.2) is 0 Å². The first-order valence-corrected chi connectivity index (χ1v) is 27.5. The fraction of sp³-hybridized carbons (Fsp3) is 0.179. The Hall–Kier alpha value is -6.83. The molecule has 2 aliphatic rings. The Morgan fingerprint density at radius 3 is 0.911 bits per heavy atom. The molecule has 4 unspecified atom stereocenters. The Morgan fingerprint density at radius 2 is 0.608 bits per heavy atom. The van der Waals surface area contributed by atoms with Crippen LogP contribution in [0, 0.1) is 24.0 Å². The Balaban J connectivity index is 0.000000170. The number of nitrogens with zero attached hydrogens (tertiary/aromatic N) is 1. The van der Waals surface area contributed by atoms with E-state index in [0.29, 0.717) is 32.7 Å². The number of fused-ring (bicyclic) bond motifs is 4. The van der Waals surface area contributed by atoms with Gasteiger partial charge in [0, 0.05) is 33.7 Å². The van der Waals surface area contributed by atoms with Crippen molar-refractivity contribution >= 4 is 79.1 Å². The summed E-state index contributed by atoms with van der Waals surface area (Å²) in [4.78, 5) is 9.59. The van der Waals surface area contributed by atoms with E-state index in [4.69, 9.17) is 49.2 Å². The molecule has 0 amide bonds. The number of hydrogen-bond acceptors (Lipinski definition) is 6. The molecular formula is C56H37Cl3F12FeNO6. The van der Waals surface area contributed by atoms with Gasteiger partial charge in [0.15, 0.2) is 0 Å². The number of ether oxygens (including phenoxy) is 4. The monoisotopic (exact) mass is 1210 g/mol.